The Morgan fingerprint density at radius 2 is 2.30 bits per heavy atom. The molecule has 1 heteroatoms. The van der Waals surface area contributed by atoms with E-state index >= 15 is 0 Å². The van der Waals surface area contributed by atoms with Crippen molar-refractivity contribution in [3.8, 4) is 0 Å². The van der Waals surface area contributed by atoms with Gasteiger partial charge in [0.2, 0.25) is 0 Å². The molecule has 0 amide bonds. The first-order valence-corrected chi connectivity index (χ1v) is 4.03. The van der Waals surface area contributed by atoms with Crippen LogP contribution >= 0.6 is 0 Å². The smallest absolute Gasteiger partial charge is 0.0284 e. The van der Waals surface area contributed by atoms with Crippen molar-refractivity contribution in [2.24, 2.45) is 5.92 Å². The molecule has 54 valence electrons. The summed E-state index contributed by atoms with van der Waals surface area (Å²) < 4.78 is 0. The number of rotatable bonds is 0. The van der Waals surface area contributed by atoms with Gasteiger partial charge in [-0.05, 0) is 25.3 Å². The van der Waals surface area contributed by atoms with E-state index in [9.17, 15) is 0 Å². The Morgan fingerprint density at radius 1 is 1.30 bits per heavy atom. The van der Waals surface area contributed by atoms with Crippen LogP contribution in [-0.4, -0.2) is 12.6 Å². The first-order chi connectivity index (χ1) is 4.97. The van der Waals surface area contributed by atoms with Gasteiger partial charge in [-0.2, -0.15) is 0 Å². The first-order valence-electron chi connectivity index (χ1n) is 4.03. The molecule has 0 bridgehead atoms. The second kappa shape index (κ2) is 2.59. The predicted octanol–water partition coefficient (Wildman–Crippen LogP) is 1.48. The average Bonchev–Trinajstić information content (AvgIpc) is 2.28. The molecule has 2 rings (SSSR count). The molecule has 1 fully saturated rings. The van der Waals surface area contributed by atoms with Crippen molar-refractivity contribution in [1.82, 2.24) is 5.32 Å². The third kappa shape index (κ3) is 1.01. The van der Waals surface area contributed by atoms with Gasteiger partial charge in [0.1, 0.15) is 0 Å². The van der Waals surface area contributed by atoms with E-state index in [1.54, 1.807) is 0 Å². The molecule has 1 aliphatic carbocycles. The molecule has 2 aliphatic rings. The molecular weight excluding hydrogens is 122 g/mol. The Labute approximate surface area is 61.8 Å². The number of nitrogens with one attached hydrogen (secondary N) is 1. The van der Waals surface area contributed by atoms with Crippen LogP contribution in [0.5, 0.6) is 0 Å². The molecule has 0 aromatic rings. The van der Waals surface area contributed by atoms with Crippen molar-refractivity contribution in [2.75, 3.05) is 6.54 Å². The first kappa shape index (κ1) is 6.17. The molecule has 1 aliphatic heterocycles. The predicted molar refractivity (Wildman–Crippen MR) is 42.8 cm³/mol. The standard InChI is InChI=1S/C9H13N/c1-2-4-8-6-7-10-9(8)5-3-1/h1-3,5,8-10H,4,6-7H2. The van der Waals surface area contributed by atoms with Crippen molar-refractivity contribution >= 4 is 0 Å². The molecule has 2 atom stereocenters. The third-order valence-corrected chi connectivity index (χ3v) is 2.41. The van der Waals surface area contributed by atoms with Gasteiger partial charge in [-0.25, -0.2) is 0 Å². The van der Waals surface area contributed by atoms with Crippen LogP contribution in [0.4, 0.5) is 0 Å². The van der Waals surface area contributed by atoms with Gasteiger partial charge >= 0.3 is 0 Å². The molecule has 1 N–H and O–H groups in total. The Bertz CT molecular complexity index is 170. The summed E-state index contributed by atoms with van der Waals surface area (Å²) >= 11 is 0. The van der Waals surface area contributed by atoms with Gasteiger partial charge in [0.05, 0.1) is 0 Å². The van der Waals surface area contributed by atoms with Crippen LogP contribution in [-0.2, 0) is 0 Å². The topological polar surface area (TPSA) is 12.0 Å². The largest absolute Gasteiger partial charge is 0.310 e. The molecule has 1 saturated heterocycles. The van der Waals surface area contributed by atoms with Gasteiger partial charge in [0, 0.05) is 6.04 Å². The van der Waals surface area contributed by atoms with Gasteiger partial charge in [-0.15, -0.1) is 0 Å². The number of allylic oxidation sites excluding steroid dienone is 3. The zero-order chi connectivity index (χ0) is 6.81. The van der Waals surface area contributed by atoms with Crippen molar-refractivity contribution in [3.63, 3.8) is 0 Å². The lowest BCUT2D eigenvalue weighted by Crippen LogP contribution is -2.23. The molecule has 0 saturated carbocycles. The molecule has 0 spiro atoms. The molecule has 10 heavy (non-hydrogen) atoms. The summed E-state index contributed by atoms with van der Waals surface area (Å²) in [6.45, 7) is 1.20. The SMILES string of the molecule is C1=CCC2CCNC2C=C1. The maximum absolute atomic E-state index is 3.47. The summed E-state index contributed by atoms with van der Waals surface area (Å²) in [5.74, 6) is 0.870. The molecule has 0 radical (unpaired) electrons. The monoisotopic (exact) mass is 135 g/mol. The highest BCUT2D eigenvalue weighted by Crippen LogP contribution is 2.22. The third-order valence-electron chi connectivity index (χ3n) is 2.41. The minimum Gasteiger partial charge on any atom is -0.310 e. The Morgan fingerprint density at radius 3 is 3.30 bits per heavy atom. The van der Waals surface area contributed by atoms with E-state index in [2.05, 4.69) is 29.6 Å². The van der Waals surface area contributed by atoms with Gasteiger partial charge in [0.25, 0.3) is 0 Å². The second-order valence-electron chi connectivity index (χ2n) is 3.08. The summed E-state index contributed by atoms with van der Waals surface area (Å²) in [7, 11) is 0. The fourth-order valence-corrected chi connectivity index (χ4v) is 1.79. The van der Waals surface area contributed by atoms with Gasteiger partial charge in [-0.1, -0.05) is 24.3 Å². The van der Waals surface area contributed by atoms with Crippen LogP contribution < -0.4 is 5.32 Å². The Hall–Kier alpha value is -0.560. The lowest BCUT2D eigenvalue weighted by atomic mass is 9.98. The van der Waals surface area contributed by atoms with Crippen molar-refractivity contribution < 1.29 is 0 Å². The summed E-state index contributed by atoms with van der Waals surface area (Å²) in [6.07, 6.45) is 11.5. The van der Waals surface area contributed by atoms with Crippen LogP contribution in [0, 0.1) is 5.92 Å². The minimum atomic E-state index is 0.662. The minimum absolute atomic E-state index is 0.662. The van der Waals surface area contributed by atoms with Crippen LogP contribution in [0.2, 0.25) is 0 Å². The highest BCUT2D eigenvalue weighted by Gasteiger charge is 2.23. The molecule has 1 heterocycles. The number of hydrogen-bond donors (Lipinski definition) is 1. The Kier molecular flexibility index (Phi) is 1.60. The van der Waals surface area contributed by atoms with E-state index in [0.717, 1.165) is 5.92 Å². The fourth-order valence-electron chi connectivity index (χ4n) is 1.79. The summed E-state index contributed by atoms with van der Waals surface area (Å²) in [6, 6.07) is 0.662. The summed E-state index contributed by atoms with van der Waals surface area (Å²) in [4.78, 5) is 0. The molecule has 1 nitrogen and oxygen atoms in total. The lowest BCUT2D eigenvalue weighted by Gasteiger charge is -2.11. The highest BCUT2D eigenvalue weighted by atomic mass is 14.9. The van der Waals surface area contributed by atoms with Crippen molar-refractivity contribution in [3.05, 3.63) is 24.3 Å². The number of hydrogen-bond acceptors (Lipinski definition) is 1. The van der Waals surface area contributed by atoms with Crippen LogP contribution in [0.15, 0.2) is 24.3 Å². The fraction of sp³-hybridized carbons (Fsp3) is 0.556. The van der Waals surface area contributed by atoms with Crippen molar-refractivity contribution in [2.45, 2.75) is 18.9 Å². The summed E-state index contributed by atoms with van der Waals surface area (Å²) in [5.41, 5.74) is 0. The van der Waals surface area contributed by atoms with Crippen molar-refractivity contribution in [1.29, 1.82) is 0 Å². The van der Waals surface area contributed by atoms with E-state index < -0.39 is 0 Å². The molecular formula is C9H13N. The Balaban J connectivity index is 2.12. The zero-order valence-corrected chi connectivity index (χ0v) is 6.09. The van der Waals surface area contributed by atoms with Gasteiger partial charge < -0.3 is 5.32 Å². The van der Waals surface area contributed by atoms with E-state index in [4.69, 9.17) is 0 Å². The lowest BCUT2D eigenvalue weighted by molar-refractivity contribution is 0.521. The number of fused-ring (bicyclic) bond motifs is 1. The van der Waals surface area contributed by atoms with Crippen LogP contribution in [0.1, 0.15) is 12.8 Å². The van der Waals surface area contributed by atoms with E-state index in [0.29, 0.717) is 6.04 Å². The van der Waals surface area contributed by atoms with Gasteiger partial charge in [-0.3, -0.25) is 0 Å². The average molecular weight is 135 g/mol. The second-order valence-corrected chi connectivity index (χ2v) is 3.08. The quantitative estimate of drug-likeness (QED) is 0.530. The molecule has 0 aromatic heterocycles. The van der Waals surface area contributed by atoms with E-state index in [-0.39, 0.29) is 0 Å². The van der Waals surface area contributed by atoms with Crippen LogP contribution in [0.25, 0.3) is 0 Å². The highest BCUT2D eigenvalue weighted by molar-refractivity contribution is 5.13. The maximum Gasteiger partial charge on any atom is 0.0284 e. The van der Waals surface area contributed by atoms with Gasteiger partial charge in [0.15, 0.2) is 0 Å². The maximum atomic E-state index is 3.47. The summed E-state index contributed by atoms with van der Waals surface area (Å²) in [5, 5.41) is 3.47. The molecule has 0 aromatic carbocycles. The zero-order valence-electron chi connectivity index (χ0n) is 6.09. The van der Waals surface area contributed by atoms with E-state index in [1.165, 1.54) is 19.4 Å². The van der Waals surface area contributed by atoms with Crippen LogP contribution in [0.3, 0.4) is 0 Å². The normalized spacial score (nSPS) is 37.6. The van der Waals surface area contributed by atoms with E-state index in [1.807, 2.05) is 0 Å². The molecule has 2 unspecified atom stereocenters.